The molecule has 14 heavy (non-hydrogen) atoms. The summed E-state index contributed by atoms with van der Waals surface area (Å²) < 4.78 is 0. The molecule has 1 aromatic heterocycles. The van der Waals surface area contributed by atoms with Crippen LogP contribution in [0.3, 0.4) is 0 Å². The lowest BCUT2D eigenvalue weighted by atomic mass is 10.2. The number of carbonyl (C=O) groups is 1. The highest BCUT2D eigenvalue weighted by Gasteiger charge is 2.09. The van der Waals surface area contributed by atoms with Gasteiger partial charge < -0.3 is 10.3 Å². The first-order chi connectivity index (χ1) is 6.65. The van der Waals surface area contributed by atoms with E-state index in [2.05, 4.69) is 10.1 Å². The summed E-state index contributed by atoms with van der Waals surface area (Å²) in [6.45, 7) is 0. The number of nitrogens with zero attached hydrogens (tertiary/aromatic N) is 2. The summed E-state index contributed by atoms with van der Waals surface area (Å²) in [6.07, 6.45) is 1.54. The molecule has 0 aliphatic carbocycles. The summed E-state index contributed by atoms with van der Waals surface area (Å²) in [5.41, 5.74) is 0.495. The van der Waals surface area contributed by atoms with E-state index in [-0.39, 0.29) is 10.7 Å². The second-order valence-corrected chi connectivity index (χ2v) is 2.81. The van der Waals surface area contributed by atoms with E-state index in [1.165, 1.54) is 18.3 Å². The number of rotatable bonds is 3. The number of halogens is 1. The molecule has 0 aromatic carbocycles. The molecule has 0 fully saturated rings. The van der Waals surface area contributed by atoms with E-state index in [4.69, 9.17) is 21.9 Å². The maximum Gasteiger partial charge on any atom is 0.338 e. The van der Waals surface area contributed by atoms with Crippen molar-refractivity contribution < 1.29 is 15.1 Å². The molecule has 2 N–H and O–H groups in total. The second kappa shape index (κ2) is 4.57. The van der Waals surface area contributed by atoms with Gasteiger partial charge in [-0.3, -0.25) is 0 Å². The number of hydrogen-bond acceptors (Lipinski definition) is 4. The largest absolute Gasteiger partial charge is 0.478 e. The van der Waals surface area contributed by atoms with Gasteiger partial charge in [0.25, 0.3) is 0 Å². The monoisotopic (exact) mass is 214 g/mol. The van der Waals surface area contributed by atoms with Gasteiger partial charge in [-0.15, -0.1) is 5.16 Å². The van der Waals surface area contributed by atoms with E-state index in [9.17, 15) is 4.79 Å². The zero-order chi connectivity index (χ0) is 10.6. The first-order valence-corrected chi connectivity index (χ1v) is 4.07. The van der Waals surface area contributed by atoms with Gasteiger partial charge in [0.2, 0.25) is 0 Å². The molecule has 0 bridgehead atoms. The maximum atomic E-state index is 10.6. The fourth-order valence-electron chi connectivity index (χ4n) is 0.879. The van der Waals surface area contributed by atoms with Gasteiger partial charge in [0.15, 0.2) is 0 Å². The Morgan fingerprint density at radius 1 is 1.64 bits per heavy atom. The van der Waals surface area contributed by atoms with E-state index < -0.39 is 5.97 Å². The Kier molecular flexibility index (Phi) is 3.41. The topological polar surface area (TPSA) is 82.8 Å². The number of pyridine rings is 1. The Balaban J connectivity index is 2.94. The number of aromatic carboxylic acids is 1. The first-order valence-electron chi connectivity index (χ1n) is 3.69. The van der Waals surface area contributed by atoms with Gasteiger partial charge in [-0.1, -0.05) is 11.6 Å². The second-order valence-electron chi connectivity index (χ2n) is 2.45. The van der Waals surface area contributed by atoms with Crippen molar-refractivity contribution in [3.63, 3.8) is 0 Å². The van der Waals surface area contributed by atoms with Crippen LogP contribution in [0.2, 0.25) is 5.15 Å². The summed E-state index contributed by atoms with van der Waals surface area (Å²) in [4.78, 5) is 14.4. The van der Waals surface area contributed by atoms with Crippen molar-refractivity contribution in [3.8, 4) is 0 Å². The van der Waals surface area contributed by atoms with Gasteiger partial charge >= 0.3 is 5.97 Å². The van der Waals surface area contributed by atoms with Gasteiger partial charge in [-0.2, -0.15) is 0 Å². The Labute approximate surface area is 84.6 Å². The first kappa shape index (κ1) is 10.5. The summed E-state index contributed by atoms with van der Waals surface area (Å²) >= 11 is 5.60. The molecule has 0 aliphatic heterocycles. The molecule has 0 atom stereocenters. The highest BCUT2D eigenvalue weighted by atomic mass is 35.5. The van der Waals surface area contributed by atoms with Crippen LogP contribution in [0.1, 0.15) is 16.1 Å². The van der Waals surface area contributed by atoms with Crippen LogP contribution in [-0.4, -0.2) is 27.5 Å². The Morgan fingerprint density at radius 3 is 2.86 bits per heavy atom. The quantitative estimate of drug-likeness (QED) is 0.345. The molecule has 1 aromatic rings. The van der Waals surface area contributed by atoms with Crippen molar-refractivity contribution in [2.24, 2.45) is 5.16 Å². The van der Waals surface area contributed by atoms with Gasteiger partial charge in [-0.25, -0.2) is 9.78 Å². The third-order valence-electron chi connectivity index (χ3n) is 1.52. The maximum absolute atomic E-state index is 10.6. The van der Waals surface area contributed by atoms with Crippen LogP contribution in [0.15, 0.2) is 17.3 Å². The van der Waals surface area contributed by atoms with E-state index in [0.29, 0.717) is 12.1 Å². The molecule has 74 valence electrons. The average molecular weight is 215 g/mol. The molecule has 0 saturated carbocycles. The van der Waals surface area contributed by atoms with Gasteiger partial charge in [-0.05, 0) is 12.1 Å². The molecule has 0 aliphatic rings. The SMILES string of the molecule is O=C(O)c1ccc(CC=NO)nc1Cl. The molecular weight excluding hydrogens is 208 g/mol. The molecule has 1 rings (SSSR count). The molecule has 6 heteroatoms. The number of oxime groups is 1. The molecule has 0 spiro atoms. The fraction of sp³-hybridized carbons (Fsp3) is 0.125. The van der Waals surface area contributed by atoms with Crippen LogP contribution < -0.4 is 0 Å². The van der Waals surface area contributed by atoms with Crippen molar-refractivity contribution in [3.05, 3.63) is 28.5 Å². The molecule has 0 radical (unpaired) electrons. The molecule has 5 nitrogen and oxygen atoms in total. The summed E-state index contributed by atoms with van der Waals surface area (Å²) in [5, 5.41) is 19.5. The molecule has 0 unspecified atom stereocenters. The highest BCUT2D eigenvalue weighted by molar-refractivity contribution is 6.32. The lowest BCUT2D eigenvalue weighted by Gasteiger charge is -1.99. The highest BCUT2D eigenvalue weighted by Crippen LogP contribution is 2.13. The van der Waals surface area contributed by atoms with Crippen LogP contribution in [0, 0.1) is 0 Å². The Morgan fingerprint density at radius 2 is 2.36 bits per heavy atom. The van der Waals surface area contributed by atoms with Crippen molar-refractivity contribution >= 4 is 23.8 Å². The van der Waals surface area contributed by atoms with E-state index in [0.717, 1.165) is 0 Å². The molecule has 0 saturated heterocycles. The Bertz CT molecular complexity index is 379. The minimum absolute atomic E-state index is 0.0450. The van der Waals surface area contributed by atoms with Crippen LogP contribution in [0.25, 0.3) is 0 Å². The smallest absolute Gasteiger partial charge is 0.338 e. The molecule has 0 amide bonds. The van der Waals surface area contributed by atoms with Crippen LogP contribution in [-0.2, 0) is 6.42 Å². The van der Waals surface area contributed by atoms with Crippen LogP contribution >= 0.6 is 11.6 Å². The normalized spacial score (nSPS) is 10.6. The van der Waals surface area contributed by atoms with Gasteiger partial charge in [0.05, 0.1) is 5.56 Å². The zero-order valence-electron chi connectivity index (χ0n) is 7.01. The fourth-order valence-corrected chi connectivity index (χ4v) is 1.13. The van der Waals surface area contributed by atoms with Crippen molar-refractivity contribution in [1.82, 2.24) is 4.98 Å². The van der Waals surface area contributed by atoms with Gasteiger partial charge in [0.1, 0.15) is 5.15 Å². The Hall–Kier alpha value is -1.62. The summed E-state index contributed by atoms with van der Waals surface area (Å²) in [7, 11) is 0. The van der Waals surface area contributed by atoms with Crippen molar-refractivity contribution in [1.29, 1.82) is 0 Å². The van der Waals surface area contributed by atoms with Gasteiger partial charge in [0, 0.05) is 18.3 Å². The molecular formula is C8H7ClN2O3. The zero-order valence-corrected chi connectivity index (χ0v) is 7.77. The third-order valence-corrected chi connectivity index (χ3v) is 1.81. The van der Waals surface area contributed by atoms with Crippen LogP contribution in [0.5, 0.6) is 0 Å². The minimum Gasteiger partial charge on any atom is -0.478 e. The van der Waals surface area contributed by atoms with E-state index in [1.807, 2.05) is 0 Å². The number of hydrogen-bond donors (Lipinski definition) is 2. The predicted octanol–water partition coefficient (Wildman–Crippen LogP) is 1.44. The number of carboxylic acid groups (broad SMARTS) is 1. The van der Waals surface area contributed by atoms with E-state index in [1.54, 1.807) is 0 Å². The average Bonchev–Trinajstić information content (AvgIpc) is 2.14. The van der Waals surface area contributed by atoms with Crippen molar-refractivity contribution in [2.75, 3.05) is 0 Å². The predicted molar refractivity (Wildman–Crippen MR) is 50.2 cm³/mol. The lowest BCUT2D eigenvalue weighted by molar-refractivity contribution is 0.0696. The number of carboxylic acids is 1. The summed E-state index contributed by atoms with van der Waals surface area (Å²) in [5.74, 6) is -1.12. The standard InChI is InChI=1S/C8H7ClN2O3/c9-7-6(8(12)13)2-1-5(11-7)3-4-10-14/h1-2,4,14H,3H2,(H,12,13). The van der Waals surface area contributed by atoms with Crippen molar-refractivity contribution in [2.45, 2.75) is 6.42 Å². The number of aromatic nitrogens is 1. The third kappa shape index (κ3) is 2.43. The summed E-state index contributed by atoms with van der Waals surface area (Å²) in [6, 6.07) is 2.87. The lowest BCUT2D eigenvalue weighted by Crippen LogP contribution is -2.01. The minimum atomic E-state index is -1.12. The van der Waals surface area contributed by atoms with E-state index >= 15 is 0 Å². The van der Waals surface area contributed by atoms with Crippen LogP contribution in [0.4, 0.5) is 0 Å². The molecule has 1 heterocycles.